The second-order valence-electron chi connectivity index (χ2n) is 1.78. The van der Waals surface area contributed by atoms with Gasteiger partial charge < -0.3 is 5.73 Å². The fraction of sp³-hybridized carbons (Fsp3) is 0.250. The van der Waals surface area contributed by atoms with Gasteiger partial charge in [0.25, 0.3) is 0 Å². The topological polar surface area (TPSA) is 56.0 Å². The number of hydrogen-bond acceptors (Lipinski definition) is 4. The molecule has 0 saturated carbocycles. The van der Waals surface area contributed by atoms with Crippen LogP contribution >= 0.6 is 11.3 Å². The third-order valence-electron chi connectivity index (χ3n) is 0.978. The number of thiazole rings is 1. The summed E-state index contributed by atoms with van der Waals surface area (Å²) in [5.74, 6) is 0. The van der Waals surface area contributed by atoms with Crippen LogP contribution < -0.4 is 5.73 Å². The quantitative estimate of drug-likeness (QED) is 0.555. The van der Waals surface area contributed by atoms with Crippen molar-refractivity contribution in [2.75, 3.05) is 7.05 Å². The number of hydrogen-bond donors (Lipinski definition) is 1. The Bertz CT molecular complexity index is 255. The molecule has 0 fully saturated rings. The van der Waals surface area contributed by atoms with E-state index in [0.717, 1.165) is 16.2 Å². The highest BCUT2D eigenvalue weighted by Gasteiger charge is 1.90. The number of nitrogens with two attached hydrogens (primary N) is 1. The van der Waals surface area contributed by atoms with Crippen LogP contribution in [-0.2, 0) is 4.79 Å². The summed E-state index contributed by atoms with van der Waals surface area (Å²) < 4.78 is 0. The summed E-state index contributed by atoms with van der Waals surface area (Å²) in [7, 11) is 1.50. The zero-order valence-electron chi connectivity index (χ0n) is 7.15. The van der Waals surface area contributed by atoms with Crippen LogP contribution in [0.5, 0.6) is 0 Å². The Morgan fingerprint density at radius 3 is 2.67 bits per heavy atom. The number of allylic oxidation sites excluding steroid dienone is 1. The van der Waals surface area contributed by atoms with Crippen molar-refractivity contribution in [1.82, 2.24) is 4.98 Å². The fourth-order valence-corrected chi connectivity index (χ4v) is 1.29. The second-order valence-corrected chi connectivity index (χ2v) is 3.04. The molecule has 2 N–H and O–H groups in total. The first-order valence-electron chi connectivity index (χ1n) is 3.45. The lowest BCUT2D eigenvalue weighted by Crippen LogP contribution is -1.69. The van der Waals surface area contributed by atoms with Crippen LogP contribution in [0.4, 0.5) is 0 Å². The highest BCUT2D eigenvalue weighted by molar-refractivity contribution is 7.12. The minimum absolute atomic E-state index is 0.759. The van der Waals surface area contributed by atoms with Crippen LogP contribution in [0, 0.1) is 6.92 Å². The number of carbonyl (C=O) groups excluding carboxylic acids is 1. The average Bonchev–Trinajstić information content (AvgIpc) is 2.51. The standard InChI is InChI=1S/C7H7NOS.CH5N/c1-6-8-5-7(10-6)3-2-4-9;1-2/h2-5H,1H3;2H2,1H3/b3-2+;. The van der Waals surface area contributed by atoms with E-state index in [0.29, 0.717) is 0 Å². The normalized spacial score (nSPS) is 9.25. The number of rotatable bonds is 2. The largest absolute Gasteiger partial charge is 0.333 e. The van der Waals surface area contributed by atoms with Crippen LogP contribution in [0.1, 0.15) is 9.88 Å². The van der Waals surface area contributed by atoms with Crippen LogP contribution in [0.3, 0.4) is 0 Å². The molecule has 0 aliphatic carbocycles. The van der Waals surface area contributed by atoms with Crippen LogP contribution in [0.15, 0.2) is 12.3 Å². The van der Waals surface area contributed by atoms with Gasteiger partial charge in [-0.1, -0.05) is 0 Å². The monoisotopic (exact) mass is 184 g/mol. The maximum absolute atomic E-state index is 9.88. The Morgan fingerprint density at radius 1 is 1.58 bits per heavy atom. The molecular weight excluding hydrogens is 172 g/mol. The molecular formula is C8H12N2OS. The van der Waals surface area contributed by atoms with Crippen molar-refractivity contribution in [3.05, 3.63) is 22.2 Å². The van der Waals surface area contributed by atoms with Gasteiger partial charge in [-0.25, -0.2) is 4.98 Å². The van der Waals surface area contributed by atoms with Gasteiger partial charge in [0.15, 0.2) is 0 Å². The molecule has 0 amide bonds. The van der Waals surface area contributed by atoms with Crippen molar-refractivity contribution in [2.24, 2.45) is 5.73 Å². The third-order valence-corrected chi connectivity index (χ3v) is 1.86. The zero-order valence-corrected chi connectivity index (χ0v) is 7.97. The summed E-state index contributed by atoms with van der Waals surface area (Å²) in [6.07, 6.45) is 5.72. The van der Waals surface area contributed by atoms with Gasteiger partial charge in [-0.3, -0.25) is 4.79 Å². The molecule has 12 heavy (non-hydrogen) atoms. The minimum Gasteiger partial charge on any atom is -0.333 e. The van der Waals surface area contributed by atoms with E-state index in [-0.39, 0.29) is 0 Å². The Morgan fingerprint density at radius 2 is 2.25 bits per heavy atom. The summed E-state index contributed by atoms with van der Waals surface area (Å²) >= 11 is 1.57. The number of aryl methyl sites for hydroxylation is 1. The molecule has 1 heterocycles. The number of carbonyl (C=O) groups is 1. The summed E-state index contributed by atoms with van der Waals surface area (Å²) in [5, 5.41) is 1.02. The number of nitrogens with zero attached hydrogens (tertiary/aromatic N) is 1. The first-order valence-corrected chi connectivity index (χ1v) is 4.26. The summed E-state index contributed by atoms with van der Waals surface area (Å²) in [6, 6.07) is 0. The molecule has 0 bridgehead atoms. The lowest BCUT2D eigenvalue weighted by atomic mass is 10.5. The van der Waals surface area contributed by atoms with Gasteiger partial charge in [0.2, 0.25) is 0 Å². The van der Waals surface area contributed by atoms with Crippen molar-refractivity contribution < 1.29 is 4.79 Å². The second kappa shape index (κ2) is 6.69. The summed E-state index contributed by atoms with van der Waals surface area (Å²) in [4.78, 5) is 14.9. The van der Waals surface area contributed by atoms with Gasteiger partial charge >= 0.3 is 0 Å². The Balaban J connectivity index is 0.000000561. The molecule has 0 spiro atoms. The predicted octanol–water partition coefficient (Wildman–Crippen LogP) is 1.24. The van der Waals surface area contributed by atoms with Gasteiger partial charge in [0, 0.05) is 11.1 Å². The number of aromatic nitrogens is 1. The third kappa shape index (κ3) is 4.00. The van der Waals surface area contributed by atoms with E-state index in [1.165, 1.54) is 13.1 Å². The van der Waals surface area contributed by atoms with Crippen LogP contribution in [-0.4, -0.2) is 18.3 Å². The van der Waals surface area contributed by atoms with Gasteiger partial charge in [-0.2, -0.15) is 0 Å². The molecule has 0 aliphatic rings. The first-order chi connectivity index (χ1) is 5.83. The first kappa shape index (κ1) is 11.0. The maximum atomic E-state index is 9.88. The summed E-state index contributed by atoms with van der Waals surface area (Å²) in [5.41, 5.74) is 4.50. The van der Waals surface area contributed by atoms with Gasteiger partial charge in [-0.05, 0) is 26.1 Å². The molecule has 0 saturated heterocycles. The van der Waals surface area contributed by atoms with E-state index in [1.807, 2.05) is 6.92 Å². The van der Waals surface area contributed by atoms with E-state index in [9.17, 15) is 4.79 Å². The molecule has 1 aromatic heterocycles. The van der Waals surface area contributed by atoms with Gasteiger partial charge in [0.1, 0.15) is 6.29 Å². The van der Waals surface area contributed by atoms with Gasteiger partial charge in [0.05, 0.1) is 5.01 Å². The van der Waals surface area contributed by atoms with Gasteiger partial charge in [-0.15, -0.1) is 11.3 Å². The van der Waals surface area contributed by atoms with Crippen molar-refractivity contribution >= 4 is 23.7 Å². The van der Waals surface area contributed by atoms with Crippen LogP contribution in [0.25, 0.3) is 6.08 Å². The molecule has 4 heteroatoms. The van der Waals surface area contributed by atoms with Crippen molar-refractivity contribution in [2.45, 2.75) is 6.92 Å². The van der Waals surface area contributed by atoms with Crippen LogP contribution in [0.2, 0.25) is 0 Å². The lowest BCUT2D eigenvalue weighted by Gasteiger charge is -1.74. The average molecular weight is 184 g/mol. The molecule has 3 nitrogen and oxygen atoms in total. The van der Waals surface area contributed by atoms with Crippen molar-refractivity contribution in [3.63, 3.8) is 0 Å². The Labute approximate surface area is 75.9 Å². The molecule has 0 unspecified atom stereocenters. The maximum Gasteiger partial charge on any atom is 0.142 e. The Hall–Kier alpha value is -1.00. The summed E-state index contributed by atoms with van der Waals surface area (Å²) in [6.45, 7) is 1.93. The smallest absolute Gasteiger partial charge is 0.142 e. The predicted molar refractivity (Wildman–Crippen MR) is 52.1 cm³/mol. The molecule has 0 aliphatic heterocycles. The van der Waals surface area contributed by atoms with Crippen molar-refractivity contribution in [3.8, 4) is 0 Å². The number of aldehydes is 1. The Kier molecular flexibility index (Phi) is 6.14. The fourth-order valence-electron chi connectivity index (χ4n) is 0.589. The molecule has 1 aromatic rings. The van der Waals surface area contributed by atoms with E-state index < -0.39 is 0 Å². The minimum atomic E-state index is 0.759. The molecule has 0 radical (unpaired) electrons. The molecule has 66 valence electrons. The molecule has 0 aromatic carbocycles. The van der Waals surface area contributed by atoms with E-state index >= 15 is 0 Å². The van der Waals surface area contributed by atoms with Crippen molar-refractivity contribution in [1.29, 1.82) is 0 Å². The highest BCUT2D eigenvalue weighted by Crippen LogP contribution is 2.12. The zero-order chi connectivity index (χ0) is 9.40. The van der Waals surface area contributed by atoms with E-state index in [4.69, 9.17) is 0 Å². The molecule has 1 rings (SSSR count). The molecule has 0 atom stereocenters. The van der Waals surface area contributed by atoms with E-state index in [2.05, 4.69) is 10.7 Å². The van der Waals surface area contributed by atoms with E-state index in [1.54, 1.807) is 23.6 Å². The SMILES string of the molecule is CN.Cc1ncc(/C=C/C=O)s1. The highest BCUT2D eigenvalue weighted by atomic mass is 32.1. The lowest BCUT2D eigenvalue weighted by molar-refractivity contribution is -0.104.